The molecular weight excluding hydrogens is 236 g/mol. The van der Waals surface area contributed by atoms with Crippen molar-refractivity contribution in [2.24, 2.45) is 0 Å². The van der Waals surface area contributed by atoms with Gasteiger partial charge in [-0.3, -0.25) is 4.21 Å². The summed E-state index contributed by atoms with van der Waals surface area (Å²) in [5, 5.41) is 3.24. The molecule has 1 aromatic rings. The first-order chi connectivity index (χ1) is 8.27. The molecule has 1 fully saturated rings. The molecule has 1 heterocycles. The quantitative estimate of drug-likeness (QED) is 0.816. The molecule has 1 atom stereocenters. The monoisotopic (exact) mass is 253 g/mol. The van der Waals surface area contributed by atoms with Gasteiger partial charge in [-0.25, -0.2) is 4.31 Å². The van der Waals surface area contributed by atoms with E-state index in [4.69, 9.17) is 0 Å². The molecule has 0 radical (unpaired) electrons. The highest BCUT2D eigenvalue weighted by molar-refractivity contribution is 7.76. The predicted molar refractivity (Wildman–Crippen MR) is 66.8 cm³/mol. The molecule has 1 aromatic carbocycles. The van der Waals surface area contributed by atoms with Crippen molar-refractivity contribution in [3.63, 3.8) is 0 Å². The zero-order chi connectivity index (χ0) is 12.1. The van der Waals surface area contributed by atoms with Gasteiger partial charge in [0.2, 0.25) is 0 Å². The lowest BCUT2D eigenvalue weighted by Crippen LogP contribution is -2.43. The number of hydrogen-bond donors (Lipinski definition) is 1. The Morgan fingerprint density at radius 1 is 1.29 bits per heavy atom. The van der Waals surface area contributed by atoms with E-state index in [9.17, 15) is 8.76 Å². The van der Waals surface area contributed by atoms with E-state index in [1.165, 1.54) is 0 Å². The fourth-order valence-electron chi connectivity index (χ4n) is 2.16. The first-order valence-electron chi connectivity index (χ1n) is 5.88. The minimum atomic E-state index is -2.15. The fourth-order valence-corrected chi connectivity index (χ4v) is 2.87. The van der Waals surface area contributed by atoms with Crippen LogP contribution in [0.25, 0.3) is 0 Å². The summed E-state index contributed by atoms with van der Waals surface area (Å²) in [5.74, 6) is 0. The van der Waals surface area contributed by atoms with Crippen molar-refractivity contribution in [1.29, 1.82) is 0 Å². The Balaban J connectivity index is 2.04. The largest absolute Gasteiger partial charge is 0.760 e. The molecule has 1 aliphatic heterocycles. The number of piperidine rings is 1. The summed E-state index contributed by atoms with van der Waals surface area (Å²) in [6.07, 6.45) is 1.78. The third-order valence-electron chi connectivity index (χ3n) is 3.09. The lowest BCUT2D eigenvalue weighted by Gasteiger charge is -2.35. The molecule has 0 bridgehead atoms. The maximum Gasteiger partial charge on any atom is 0.0356 e. The van der Waals surface area contributed by atoms with Gasteiger partial charge in [0, 0.05) is 23.9 Å². The fraction of sp³-hybridized carbons (Fsp3) is 0.500. The summed E-state index contributed by atoms with van der Waals surface area (Å²) in [6, 6.07) is 9.86. The highest BCUT2D eigenvalue weighted by Crippen LogP contribution is 2.16. The van der Waals surface area contributed by atoms with Crippen molar-refractivity contribution in [2.45, 2.75) is 25.4 Å². The topological polar surface area (TPSA) is 55.4 Å². The average molecular weight is 253 g/mol. The van der Waals surface area contributed by atoms with Crippen LogP contribution in [0.5, 0.6) is 0 Å². The maximum absolute atomic E-state index is 11.3. The van der Waals surface area contributed by atoms with Gasteiger partial charge >= 0.3 is 0 Å². The van der Waals surface area contributed by atoms with Gasteiger partial charge in [0.25, 0.3) is 0 Å². The first kappa shape index (κ1) is 12.7. The molecule has 0 amide bonds. The minimum Gasteiger partial charge on any atom is -0.760 e. The number of nitrogens with one attached hydrogen (secondary N) is 1. The number of rotatable bonds is 4. The molecular formula is C12H17N2O2S-. The van der Waals surface area contributed by atoms with Gasteiger partial charge in [-0.15, -0.1) is 0 Å². The van der Waals surface area contributed by atoms with Crippen LogP contribution < -0.4 is 5.32 Å². The van der Waals surface area contributed by atoms with E-state index in [2.05, 4.69) is 5.32 Å². The second-order valence-corrected chi connectivity index (χ2v) is 5.16. The van der Waals surface area contributed by atoms with Gasteiger partial charge in [0.05, 0.1) is 0 Å². The lowest BCUT2D eigenvalue weighted by atomic mass is 10.1. The third kappa shape index (κ3) is 3.61. The number of benzene rings is 1. The van der Waals surface area contributed by atoms with E-state index in [1.54, 1.807) is 4.31 Å². The van der Waals surface area contributed by atoms with Crippen molar-refractivity contribution in [1.82, 2.24) is 9.62 Å². The van der Waals surface area contributed by atoms with E-state index in [0.717, 1.165) is 31.5 Å². The summed E-state index contributed by atoms with van der Waals surface area (Å²) in [6.45, 7) is 2.27. The highest BCUT2D eigenvalue weighted by atomic mass is 32.2. The Bertz CT molecular complexity index is 366. The van der Waals surface area contributed by atoms with Crippen LogP contribution in [-0.2, 0) is 17.8 Å². The van der Waals surface area contributed by atoms with Crippen LogP contribution in [0, 0.1) is 0 Å². The number of hydrogen-bond acceptors (Lipinski definition) is 3. The summed E-state index contributed by atoms with van der Waals surface area (Å²) >= 11 is -2.15. The van der Waals surface area contributed by atoms with Crippen molar-refractivity contribution in [3.8, 4) is 0 Å². The second kappa shape index (κ2) is 6.26. The third-order valence-corrected chi connectivity index (χ3v) is 3.90. The van der Waals surface area contributed by atoms with Crippen LogP contribution >= 0.6 is 0 Å². The normalized spacial score (nSPS) is 19.4. The van der Waals surface area contributed by atoms with Crippen LogP contribution in [-0.4, -0.2) is 32.2 Å². The SMILES string of the molecule is O=S([O-])N(Cc1ccccc1)C1CCNCC1. The van der Waals surface area contributed by atoms with E-state index >= 15 is 0 Å². The van der Waals surface area contributed by atoms with Crippen LogP contribution in [0.4, 0.5) is 0 Å². The zero-order valence-electron chi connectivity index (χ0n) is 9.67. The average Bonchev–Trinajstić information content (AvgIpc) is 2.38. The first-order valence-corrected chi connectivity index (χ1v) is 6.91. The predicted octanol–water partition coefficient (Wildman–Crippen LogP) is 1.03. The Hall–Kier alpha value is -0.750. The molecule has 4 nitrogen and oxygen atoms in total. The molecule has 2 rings (SSSR count). The number of nitrogens with zero attached hydrogens (tertiary/aromatic N) is 1. The Morgan fingerprint density at radius 3 is 2.53 bits per heavy atom. The van der Waals surface area contributed by atoms with E-state index < -0.39 is 11.3 Å². The Morgan fingerprint density at radius 2 is 1.94 bits per heavy atom. The molecule has 0 saturated carbocycles. The van der Waals surface area contributed by atoms with Gasteiger partial charge < -0.3 is 9.87 Å². The van der Waals surface area contributed by atoms with Crippen molar-refractivity contribution in [2.75, 3.05) is 13.1 Å². The summed E-state index contributed by atoms with van der Waals surface area (Å²) in [7, 11) is 0. The van der Waals surface area contributed by atoms with E-state index in [-0.39, 0.29) is 6.04 Å². The Kier molecular flexibility index (Phi) is 4.67. The highest BCUT2D eigenvalue weighted by Gasteiger charge is 2.21. The lowest BCUT2D eigenvalue weighted by molar-refractivity contribution is 0.250. The molecule has 1 aliphatic rings. The molecule has 0 aromatic heterocycles. The van der Waals surface area contributed by atoms with Crippen molar-refractivity contribution >= 4 is 11.3 Å². The van der Waals surface area contributed by atoms with Gasteiger partial charge in [0.1, 0.15) is 0 Å². The molecule has 17 heavy (non-hydrogen) atoms. The molecule has 1 saturated heterocycles. The molecule has 0 aliphatic carbocycles. The maximum atomic E-state index is 11.3. The molecule has 94 valence electrons. The smallest absolute Gasteiger partial charge is 0.0356 e. The van der Waals surface area contributed by atoms with Gasteiger partial charge in [-0.2, -0.15) is 0 Å². The standard InChI is InChI=1S/C12H18N2O2S/c15-17(16)14(12-6-8-13-9-7-12)10-11-4-2-1-3-5-11/h1-5,12-13H,6-10H2,(H,15,16)/p-1. The van der Waals surface area contributed by atoms with Gasteiger partial charge in [-0.05, 0) is 31.5 Å². The second-order valence-electron chi connectivity index (χ2n) is 4.26. The summed E-state index contributed by atoms with van der Waals surface area (Å²) in [5.41, 5.74) is 1.04. The van der Waals surface area contributed by atoms with Crippen LogP contribution in [0.1, 0.15) is 18.4 Å². The summed E-state index contributed by atoms with van der Waals surface area (Å²) < 4.78 is 24.2. The summed E-state index contributed by atoms with van der Waals surface area (Å²) in [4.78, 5) is 0. The molecule has 5 heteroatoms. The Labute approximate surface area is 104 Å². The van der Waals surface area contributed by atoms with Crippen molar-refractivity contribution < 1.29 is 8.76 Å². The van der Waals surface area contributed by atoms with Gasteiger partial charge in [-0.1, -0.05) is 30.3 Å². The van der Waals surface area contributed by atoms with Crippen LogP contribution in [0.3, 0.4) is 0 Å². The molecule has 1 N–H and O–H groups in total. The van der Waals surface area contributed by atoms with Gasteiger partial charge in [0.15, 0.2) is 0 Å². The van der Waals surface area contributed by atoms with E-state index in [1.807, 2.05) is 30.3 Å². The van der Waals surface area contributed by atoms with Crippen LogP contribution in [0.2, 0.25) is 0 Å². The zero-order valence-corrected chi connectivity index (χ0v) is 10.5. The molecule has 1 unspecified atom stereocenters. The van der Waals surface area contributed by atoms with E-state index in [0.29, 0.717) is 6.54 Å². The molecule has 0 spiro atoms. The minimum absolute atomic E-state index is 0.134. The van der Waals surface area contributed by atoms with Crippen LogP contribution in [0.15, 0.2) is 30.3 Å². The van der Waals surface area contributed by atoms with Crippen molar-refractivity contribution in [3.05, 3.63) is 35.9 Å².